The first kappa shape index (κ1) is 9.71. The van der Waals surface area contributed by atoms with Crippen LogP contribution >= 0.6 is 0 Å². The third kappa shape index (κ3) is 2.34. The fourth-order valence-corrected chi connectivity index (χ4v) is 1.43. The molecule has 1 heterocycles. The molecule has 0 saturated carbocycles. The zero-order valence-electron chi connectivity index (χ0n) is 8.68. The topological polar surface area (TPSA) is 22.1 Å². The lowest BCUT2D eigenvalue weighted by Crippen LogP contribution is -1.79. The lowest BCUT2D eigenvalue weighted by atomic mass is 10.1. The highest BCUT2D eigenvalue weighted by atomic mass is 16.5. The first-order valence-corrected chi connectivity index (χ1v) is 5.02. The molecule has 2 aromatic rings. The Balaban J connectivity index is 2.30. The molecule has 0 N–H and O–H groups in total. The number of hydrogen-bond donors (Lipinski definition) is 0. The van der Waals surface area contributed by atoms with Crippen molar-refractivity contribution >= 4 is 16.8 Å². The molecular formula is C13H13NO. The fourth-order valence-electron chi connectivity index (χ4n) is 1.43. The Labute approximate surface area is 89.2 Å². The van der Waals surface area contributed by atoms with Crippen molar-refractivity contribution < 1.29 is 4.74 Å². The first-order chi connectivity index (χ1) is 7.40. The predicted octanol–water partition coefficient (Wildman–Crippen LogP) is 3.24. The molecule has 0 aliphatic carbocycles. The summed E-state index contributed by atoms with van der Waals surface area (Å²) in [6, 6.07) is 8.24. The summed E-state index contributed by atoms with van der Waals surface area (Å²) in [6.07, 6.45) is 7.36. The van der Waals surface area contributed by atoms with Gasteiger partial charge >= 0.3 is 0 Å². The van der Waals surface area contributed by atoms with E-state index in [1.165, 1.54) is 5.39 Å². The number of hydrogen-bond acceptors (Lipinski definition) is 2. The van der Waals surface area contributed by atoms with Gasteiger partial charge in [0.2, 0.25) is 0 Å². The number of aromatic nitrogens is 1. The highest BCUT2D eigenvalue weighted by molar-refractivity contribution is 5.83. The zero-order chi connectivity index (χ0) is 10.5. The molecule has 2 rings (SSSR count). The summed E-state index contributed by atoms with van der Waals surface area (Å²) in [5.41, 5.74) is 1.14. The Hall–Kier alpha value is -1.83. The lowest BCUT2D eigenvalue weighted by Gasteiger charge is -1.98. The van der Waals surface area contributed by atoms with E-state index in [9.17, 15) is 0 Å². The Bertz CT molecular complexity index is 477. The molecule has 0 saturated heterocycles. The molecule has 1 aromatic heterocycles. The molecule has 0 amide bonds. The highest BCUT2D eigenvalue weighted by Gasteiger charge is 1.92. The first-order valence-electron chi connectivity index (χ1n) is 5.02. The van der Waals surface area contributed by atoms with Gasteiger partial charge in [-0.3, -0.25) is 4.98 Å². The van der Waals surface area contributed by atoms with Gasteiger partial charge in [-0.25, -0.2) is 0 Å². The van der Waals surface area contributed by atoms with E-state index in [2.05, 4.69) is 23.2 Å². The van der Waals surface area contributed by atoms with Crippen LogP contribution in [0.25, 0.3) is 16.8 Å². The summed E-state index contributed by atoms with van der Waals surface area (Å²) < 4.78 is 5.16. The van der Waals surface area contributed by atoms with Crippen LogP contribution in [0.3, 0.4) is 0 Å². The SMILES string of the molecule is CCO/C=C/c1ccc2cnccc2c1. The monoisotopic (exact) mass is 199 g/mol. The largest absolute Gasteiger partial charge is 0.501 e. The summed E-state index contributed by atoms with van der Waals surface area (Å²) in [5, 5.41) is 2.36. The smallest absolute Gasteiger partial charge is 0.0845 e. The van der Waals surface area contributed by atoms with Crippen LogP contribution in [-0.4, -0.2) is 11.6 Å². The second-order valence-electron chi connectivity index (χ2n) is 3.24. The van der Waals surface area contributed by atoms with E-state index >= 15 is 0 Å². The zero-order valence-corrected chi connectivity index (χ0v) is 8.68. The maximum Gasteiger partial charge on any atom is 0.0845 e. The summed E-state index contributed by atoms with van der Waals surface area (Å²) in [4.78, 5) is 4.08. The van der Waals surface area contributed by atoms with Gasteiger partial charge in [0.15, 0.2) is 0 Å². The quantitative estimate of drug-likeness (QED) is 0.708. The minimum absolute atomic E-state index is 0.702. The normalized spacial score (nSPS) is 11.0. The van der Waals surface area contributed by atoms with Crippen molar-refractivity contribution in [3.63, 3.8) is 0 Å². The van der Waals surface area contributed by atoms with Gasteiger partial charge in [0, 0.05) is 17.8 Å². The number of rotatable bonds is 3. The highest BCUT2D eigenvalue weighted by Crippen LogP contribution is 2.15. The molecule has 0 fully saturated rings. The van der Waals surface area contributed by atoms with Crippen LogP contribution in [-0.2, 0) is 4.74 Å². The van der Waals surface area contributed by atoms with Gasteiger partial charge in [0.1, 0.15) is 0 Å². The molecule has 0 atom stereocenters. The van der Waals surface area contributed by atoms with Gasteiger partial charge in [-0.15, -0.1) is 0 Å². The summed E-state index contributed by atoms with van der Waals surface area (Å²) in [6.45, 7) is 2.67. The molecule has 0 unspecified atom stereocenters. The second-order valence-corrected chi connectivity index (χ2v) is 3.24. The van der Waals surface area contributed by atoms with Gasteiger partial charge in [0.05, 0.1) is 12.9 Å². The maximum absolute atomic E-state index is 5.16. The number of nitrogens with zero attached hydrogens (tertiary/aromatic N) is 1. The molecule has 2 heteroatoms. The average Bonchev–Trinajstić information content (AvgIpc) is 2.29. The third-order valence-corrected chi connectivity index (χ3v) is 2.19. The summed E-state index contributed by atoms with van der Waals surface area (Å²) in [5.74, 6) is 0. The van der Waals surface area contributed by atoms with Crippen molar-refractivity contribution in [1.29, 1.82) is 0 Å². The minimum atomic E-state index is 0.702. The molecule has 0 bridgehead atoms. The van der Waals surface area contributed by atoms with Gasteiger partial charge in [-0.1, -0.05) is 12.1 Å². The van der Waals surface area contributed by atoms with Crippen molar-refractivity contribution in [2.75, 3.05) is 6.61 Å². The Morgan fingerprint density at radius 1 is 1.27 bits per heavy atom. The van der Waals surface area contributed by atoms with E-state index < -0.39 is 0 Å². The second kappa shape index (κ2) is 4.60. The number of pyridine rings is 1. The van der Waals surface area contributed by atoms with Crippen LogP contribution in [0.2, 0.25) is 0 Å². The number of fused-ring (bicyclic) bond motifs is 1. The molecule has 15 heavy (non-hydrogen) atoms. The third-order valence-electron chi connectivity index (χ3n) is 2.19. The molecular weight excluding hydrogens is 186 g/mol. The molecule has 0 aliphatic rings. The standard InChI is InChI=1S/C13H13NO/c1-2-15-8-6-11-3-4-13-10-14-7-5-12(13)9-11/h3-10H,2H2,1H3/b8-6+. The molecule has 0 spiro atoms. The van der Waals surface area contributed by atoms with Crippen LogP contribution in [0, 0.1) is 0 Å². The fraction of sp³-hybridized carbons (Fsp3) is 0.154. The van der Waals surface area contributed by atoms with Crippen LogP contribution in [0.15, 0.2) is 42.9 Å². The Kier molecular flexibility index (Phi) is 2.98. The van der Waals surface area contributed by atoms with Crippen molar-refractivity contribution in [3.8, 4) is 0 Å². The van der Waals surface area contributed by atoms with Gasteiger partial charge in [-0.2, -0.15) is 0 Å². The maximum atomic E-state index is 5.16. The summed E-state index contributed by atoms with van der Waals surface area (Å²) >= 11 is 0. The molecule has 0 aliphatic heterocycles. The average molecular weight is 199 g/mol. The minimum Gasteiger partial charge on any atom is -0.501 e. The van der Waals surface area contributed by atoms with Crippen LogP contribution < -0.4 is 0 Å². The van der Waals surface area contributed by atoms with Crippen LogP contribution in [0.5, 0.6) is 0 Å². The van der Waals surface area contributed by atoms with E-state index in [4.69, 9.17) is 4.74 Å². The predicted molar refractivity (Wildman–Crippen MR) is 62.4 cm³/mol. The van der Waals surface area contributed by atoms with Crippen molar-refractivity contribution in [1.82, 2.24) is 4.98 Å². The van der Waals surface area contributed by atoms with E-state index in [-0.39, 0.29) is 0 Å². The Morgan fingerprint density at radius 3 is 3.07 bits per heavy atom. The van der Waals surface area contributed by atoms with Gasteiger partial charge < -0.3 is 4.74 Å². The van der Waals surface area contributed by atoms with Crippen molar-refractivity contribution in [3.05, 3.63) is 48.5 Å². The van der Waals surface area contributed by atoms with E-state index in [0.29, 0.717) is 6.61 Å². The summed E-state index contributed by atoms with van der Waals surface area (Å²) in [7, 11) is 0. The van der Waals surface area contributed by atoms with Crippen molar-refractivity contribution in [2.24, 2.45) is 0 Å². The van der Waals surface area contributed by atoms with Crippen LogP contribution in [0.4, 0.5) is 0 Å². The molecule has 0 radical (unpaired) electrons. The van der Waals surface area contributed by atoms with Crippen molar-refractivity contribution in [2.45, 2.75) is 6.92 Å². The molecule has 76 valence electrons. The van der Waals surface area contributed by atoms with Crippen LogP contribution in [0.1, 0.15) is 12.5 Å². The van der Waals surface area contributed by atoms with Gasteiger partial charge in [-0.05, 0) is 36.1 Å². The molecule has 2 nitrogen and oxygen atoms in total. The number of benzene rings is 1. The Morgan fingerprint density at radius 2 is 2.20 bits per heavy atom. The lowest BCUT2D eigenvalue weighted by molar-refractivity contribution is 0.272. The van der Waals surface area contributed by atoms with E-state index in [1.807, 2.05) is 25.3 Å². The van der Waals surface area contributed by atoms with E-state index in [1.54, 1.807) is 12.5 Å². The number of ether oxygens (including phenoxy) is 1. The van der Waals surface area contributed by atoms with Gasteiger partial charge in [0.25, 0.3) is 0 Å². The van der Waals surface area contributed by atoms with E-state index in [0.717, 1.165) is 10.9 Å². The molecule has 1 aromatic carbocycles.